The summed E-state index contributed by atoms with van der Waals surface area (Å²) in [6.45, 7) is 7.59. The molecular weight excluding hydrogens is 222 g/mol. The zero-order valence-electron chi connectivity index (χ0n) is 10.8. The van der Waals surface area contributed by atoms with E-state index >= 15 is 0 Å². The smallest absolute Gasteiger partial charge is 0.248 e. The van der Waals surface area contributed by atoms with Gasteiger partial charge in [0.25, 0.3) is 0 Å². The Bertz CT molecular complexity index is 254. The van der Waals surface area contributed by atoms with E-state index in [0.29, 0.717) is 32.0 Å². The van der Waals surface area contributed by atoms with Crippen molar-refractivity contribution < 1.29 is 14.7 Å². The molecule has 17 heavy (non-hydrogen) atoms. The minimum atomic E-state index is -0.0636. The van der Waals surface area contributed by atoms with Gasteiger partial charge in [0.1, 0.15) is 12.4 Å². The Balaban J connectivity index is 4.26. The Morgan fingerprint density at radius 1 is 1.53 bits per heavy atom. The Morgan fingerprint density at radius 2 is 2.18 bits per heavy atom. The van der Waals surface area contributed by atoms with Crippen LogP contribution in [0.4, 0.5) is 0 Å². The SMILES string of the molecule is CCOCC(=O)N(CCC(N)=NO)CC(C)C. The van der Waals surface area contributed by atoms with Gasteiger partial charge >= 0.3 is 0 Å². The van der Waals surface area contributed by atoms with Crippen LogP contribution in [-0.4, -0.2) is 48.2 Å². The topological polar surface area (TPSA) is 88.2 Å². The quantitative estimate of drug-likeness (QED) is 0.284. The lowest BCUT2D eigenvalue weighted by molar-refractivity contribution is -0.136. The number of ether oxygens (including phenoxy) is 1. The van der Waals surface area contributed by atoms with Crippen LogP contribution < -0.4 is 5.73 Å². The minimum absolute atomic E-state index is 0.0636. The fraction of sp³-hybridized carbons (Fsp3) is 0.818. The summed E-state index contributed by atoms with van der Waals surface area (Å²) in [6, 6.07) is 0. The summed E-state index contributed by atoms with van der Waals surface area (Å²) in [4.78, 5) is 13.5. The van der Waals surface area contributed by atoms with Gasteiger partial charge in [0.15, 0.2) is 0 Å². The summed E-state index contributed by atoms with van der Waals surface area (Å²) in [5.74, 6) is 0.433. The average Bonchev–Trinajstić information content (AvgIpc) is 2.30. The molecule has 0 saturated heterocycles. The largest absolute Gasteiger partial charge is 0.409 e. The molecular formula is C11H23N3O3. The van der Waals surface area contributed by atoms with Crippen LogP contribution in [0, 0.1) is 5.92 Å². The fourth-order valence-corrected chi connectivity index (χ4v) is 1.34. The van der Waals surface area contributed by atoms with Gasteiger partial charge in [0.2, 0.25) is 5.91 Å². The third-order valence-electron chi connectivity index (χ3n) is 2.13. The molecule has 0 heterocycles. The van der Waals surface area contributed by atoms with Crippen molar-refractivity contribution in [1.29, 1.82) is 0 Å². The molecule has 100 valence electrons. The van der Waals surface area contributed by atoms with Crippen molar-refractivity contribution in [3.8, 4) is 0 Å². The zero-order chi connectivity index (χ0) is 13.3. The molecule has 0 saturated carbocycles. The number of oxime groups is 1. The number of nitrogens with two attached hydrogens (primary N) is 1. The van der Waals surface area contributed by atoms with E-state index < -0.39 is 0 Å². The highest BCUT2D eigenvalue weighted by molar-refractivity contribution is 5.81. The molecule has 0 aliphatic carbocycles. The Hall–Kier alpha value is -1.30. The summed E-state index contributed by atoms with van der Waals surface area (Å²) < 4.78 is 5.09. The van der Waals surface area contributed by atoms with Gasteiger partial charge in [-0.05, 0) is 12.8 Å². The van der Waals surface area contributed by atoms with E-state index in [0.717, 1.165) is 0 Å². The van der Waals surface area contributed by atoms with Crippen molar-refractivity contribution in [2.45, 2.75) is 27.2 Å². The monoisotopic (exact) mass is 245 g/mol. The number of rotatable bonds is 8. The van der Waals surface area contributed by atoms with Gasteiger partial charge in [-0.3, -0.25) is 4.79 Å². The van der Waals surface area contributed by atoms with Crippen molar-refractivity contribution in [2.75, 3.05) is 26.3 Å². The molecule has 0 rings (SSSR count). The second-order valence-electron chi connectivity index (χ2n) is 4.21. The molecule has 0 aromatic carbocycles. The molecule has 0 bridgehead atoms. The van der Waals surface area contributed by atoms with E-state index in [-0.39, 0.29) is 18.3 Å². The molecule has 0 aliphatic rings. The van der Waals surface area contributed by atoms with E-state index in [9.17, 15) is 4.79 Å². The zero-order valence-corrected chi connectivity index (χ0v) is 10.8. The highest BCUT2D eigenvalue weighted by Gasteiger charge is 2.15. The van der Waals surface area contributed by atoms with Crippen LogP contribution in [0.15, 0.2) is 5.16 Å². The number of nitrogens with zero attached hydrogens (tertiary/aromatic N) is 2. The predicted molar refractivity (Wildman–Crippen MR) is 65.9 cm³/mol. The molecule has 0 fully saturated rings. The Kier molecular flexibility index (Phi) is 8.13. The summed E-state index contributed by atoms with van der Waals surface area (Å²) in [6.07, 6.45) is 0.362. The van der Waals surface area contributed by atoms with Gasteiger partial charge in [0, 0.05) is 26.1 Å². The first kappa shape index (κ1) is 15.7. The van der Waals surface area contributed by atoms with Crippen molar-refractivity contribution in [3.05, 3.63) is 0 Å². The Morgan fingerprint density at radius 3 is 2.65 bits per heavy atom. The second kappa shape index (κ2) is 8.81. The first-order valence-corrected chi connectivity index (χ1v) is 5.83. The van der Waals surface area contributed by atoms with Crippen LogP contribution in [0.2, 0.25) is 0 Å². The van der Waals surface area contributed by atoms with Crippen molar-refractivity contribution >= 4 is 11.7 Å². The van der Waals surface area contributed by atoms with Crippen molar-refractivity contribution in [2.24, 2.45) is 16.8 Å². The first-order chi connectivity index (χ1) is 8.01. The number of hydrogen-bond donors (Lipinski definition) is 2. The first-order valence-electron chi connectivity index (χ1n) is 5.83. The van der Waals surface area contributed by atoms with E-state index in [1.807, 2.05) is 20.8 Å². The van der Waals surface area contributed by atoms with Crippen LogP contribution in [0.3, 0.4) is 0 Å². The number of carbonyl (C=O) groups excluding carboxylic acids is 1. The number of hydrogen-bond acceptors (Lipinski definition) is 4. The van der Waals surface area contributed by atoms with Crippen LogP contribution in [0.1, 0.15) is 27.2 Å². The maximum absolute atomic E-state index is 11.8. The summed E-state index contributed by atoms with van der Waals surface area (Å²) in [7, 11) is 0. The van der Waals surface area contributed by atoms with E-state index in [4.69, 9.17) is 15.7 Å². The number of amidine groups is 1. The van der Waals surface area contributed by atoms with Crippen molar-refractivity contribution in [1.82, 2.24) is 4.90 Å². The average molecular weight is 245 g/mol. The van der Waals surface area contributed by atoms with Gasteiger partial charge in [-0.15, -0.1) is 0 Å². The predicted octanol–water partition coefficient (Wildman–Crippen LogP) is 0.644. The van der Waals surface area contributed by atoms with E-state index in [1.54, 1.807) is 4.90 Å². The highest BCUT2D eigenvalue weighted by Crippen LogP contribution is 2.01. The number of carbonyl (C=O) groups is 1. The third kappa shape index (κ3) is 7.57. The summed E-state index contributed by atoms with van der Waals surface area (Å²) >= 11 is 0. The molecule has 3 N–H and O–H groups in total. The minimum Gasteiger partial charge on any atom is -0.409 e. The van der Waals surface area contributed by atoms with E-state index in [1.165, 1.54) is 0 Å². The second-order valence-corrected chi connectivity index (χ2v) is 4.21. The molecule has 0 aromatic rings. The van der Waals surface area contributed by atoms with Crippen LogP contribution in [0.25, 0.3) is 0 Å². The molecule has 6 nitrogen and oxygen atoms in total. The van der Waals surface area contributed by atoms with Crippen LogP contribution in [0.5, 0.6) is 0 Å². The van der Waals surface area contributed by atoms with Crippen LogP contribution >= 0.6 is 0 Å². The highest BCUT2D eigenvalue weighted by atomic mass is 16.5. The van der Waals surface area contributed by atoms with Gasteiger partial charge in [-0.2, -0.15) is 0 Å². The van der Waals surface area contributed by atoms with Crippen molar-refractivity contribution in [3.63, 3.8) is 0 Å². The maximum Gasteiger partial charge on any atom is 0.248 e. The third-order valence-corrected chi connectivity index (χ3v) is 2.13. The van der Waals surface area contributed by atoms with Gasteiger partial charge in [-0.25, -0.2) is 0 Å². The van der Waals surface area contributed by atoms with Gasteiger partial charge < -0.3 is 20.6 Å². The lowest BCUT2D eigenvalue weighted by Crippen LogP contribution is -2.39. The number of amides is 1. The van der Waals surface area contributed by atoms with Gasteiger partial charge in [-0.1, -0.05) is 19.0 Å². The molecule has 6 heteroatoms. The molecule has 0 unspecified atom stereocenters. The molecule has 0 aliphatic heterocycles. The van der Waals surface area contributed by atoms with Gasteiger partial charge in [0.05, 0.1) is 0 Å². The maximum atomic E-state index is 11.8. The lowest BCUT2D eigenvalue weighted by Gasteiger charge is -2.24. The van der Waals surface area contributed by atoms with Crippen LogP contribution in [-0.2, 0) is 9.53 Å². The normalized spacial score (nSPS) is 11.9. The summed E-state index contributed by atoms with van der Waals surface area (Å²) in [5, 5.41) is 11.3. The standard InChI is InChI=1S/C11H23N3O3/c1-4-17-8-11(15)14(7-9(2)3)6-5-10(12)13-16/h9,16H,4-8H2,1-3H3,(H2,12,13). The molecule has 0 atom stereocenters. The fourth-order valence-electron chi connectivity index (χ4n) is 1.34. The lowest BCUT2D eigenvalue weighted by atomic mass is 10.2. The molecule has 0 spiro atoms. The molecule has 0 aromatic heterocycles. The molecule has 0 radical (unpaired) electrons. The Labute approximate surface area is 102 Å². The van der Waals surface area contributed by atoms with E-state index in [2.05, 4.69) is 5.16 Å². The molecule has 1 amide bonds. The summed E-state index contributed by atoms with van der Waals surface area (Å²) in [5.41, 5.74) is 5.38.